The predicted molar refractivity (Wildman–Crippen MR) is 84.9 cm³/mol. The minimum Gasteiger partial charge on any atom is -0.379 e. The van der Waals surface area contributed by atoms with Crippen molar-refractivity contribution in [2.45, 2.75) is 19.4 Å². The minimum absolute atomic E-state index is 0.0230. The van der Waals surface area contributed by atoms with Crippen LogP contribution in [-0.2, 0) is 9.53 Å². The van der Waals surface area contributed by atoms with E-state index in [0.29, 0.717) is 29.8 Å². The zero-order valence-corrected chi connectivity index (χ0v) is 13.6. The molecule has 1 aromatic carbocycles. The van der Waals surface area contributed by atoms with Gasteiger partial charge in [-0.3, -0.25) is 9.69 Å². The van der Waals surface area contributed by atoms with Crippen molar-refractivity contribution in [1.82, 2.24) is 10.2 Å². The Labute approximate surface area is 135 Å². The van der Waals surface area contributed by atoms with Crippen LogP contribution < -0.4 is 5.32 Å². The number of halogens is 2. The van der Waals surface area contributed by atoms with Gasteiger partial charge in [-0.05, 0) is 24.1 Å². The topological polar surface area (TPSA) is 41.6 Å². The number of carbonyl (C=O) groups excluding carboxylic acids is 1. The Bertz CT molecular complexity index is 491. The molecule has 1 unspecified atom stereocenters. The van der Waals surface area contributed by atoms with Crippen LogP contribution in [0.4, 0.5) is 0 Å². The number of nitrogens with one attached hydrogen (secondary N) is 1. The molecule has 1 aliphatic rings. The minimum atomic E-state index is -0.0479. The van der Waals surface area contributed by atoms with E-state index in [1.807, 2.05) is 19.1 Å². The second-order valence-electron chi connectivity index (χ2n) is 5.09. The molecule has 1 aromatic rings. The third kappa shape index (κ3) is 4.85. The number of carbonyl (C=O) groups is 1. The molecule has 2 rings (SSSR count). The molecule has 0 bridgehead atoms. The number of benzene rings is 1. The van der Waals surface area contributed by atoms with Gasteiger partial charge in [0.2, 0.25) is 5.91 Å². The van der Waals surface area contributed by atoms with Crippen molar-refractivity contribution in [3.05, 3.63) is 33.8 Å². The van der Waals surface area contributed by atoms with Crippen LogP contribution in [-0.4, -0.2) is 43.7 Å². The number of nitrogens with zero attached hydrogens (tertiary/aromatic N) is 1. The van der Waals surface area contributed by atoms with Crippen LogP contribution in [0.15, 0.2) is 18.2 Å². The molecular weight excluding hydrogens is 311 g/mol. The van der Waals surface area contributed by atoms with Gasteiger partial charge in [-0.25, -0.2) is 0 Å². The van der Waals surface area contributed by atoms with E-state index in [9.17, 15) is 4.79 Å². The summed E-state index contributed by atoms with van der Waals surface area (Å²) in [5, 5.41) is 4.09. The van der Waals surface area contributed by atoms with Crippen molar-refractivity contribution in [3.8, 4) is 0 Å². The van der Waals surface area contributed by atoms with Crippen molar-refractivity contribution in [3.63, 3.8) is 0 Å². The molecule has 1 aliphatic heterocycles. The lowest BCUT2D eigenvalue weighted by atomic mass is 10.0. The van der Waals surface area contributed by atoms with Gasteiger partial charge in [-0.1, -0.05) is 36.2 Å². The Morgan fingerprint density at radius 2 is 2.05 bits per heavy atom. The molecule has 1 heterocycles. The Kier molecular flexibility index (Phi) is 6.30. The van der Waals surface area contributed by atoms with Crippen LogP contribution in [0.25, 0.3) is 0 Å². The van der Waals surface area contributed by atoms with Crippen LogP contribution in [0.1, 0.15) is 24.9 Å². The summed E-state index contributed by atoms with van der Waals surface area (Å²) in [6.45, 7) is 5.42. The zero-order chi connectivity index (χ0) is 15.2. The molecule has 0 aromatic heterocycles. The smallest absolute Gasteiger partial charge is 0.234 e. The van der Waals surface area contributed by atoms with Crippen LogP contribution >= 0.6 is 23.2 Å². The van der Waals surface area contributed by atoms with Gasteiger partial charge in [0.1, 0.15) is 0 Å². The number of hydrogen-bond acceptors (Lipinski definition) is 3. The summed E-state index contributed by atoms with van der Waals surface area (Å²) in [6.07, 6.45) is 0.798. The number of morpholine rings is 1. The Morgan fingerprint density at radius 3 is 2.67 bits per heavy atom. The Morgan fingerprint density at radius 1 is 1.33 bits per heavy atom. The van der Waals surface area contributed by atoms with Gasteiger partial charge >= 0.3 is 0 Å². The van der Waals surface area contributed by atoms with E-state index in [4.69, 9.17) is 27.9 Å². The fourth-order valence-corrected chi connectivity index (χ4v) is 2.66. The first-order valence-electron chi connectivity index (χ1n) is 7.14. The summed E-state index contributed by atoms with van der Waals surface area (Å²) in [5.74, 6) is 0.0230. The van der Waals surface area contributed by atoms with Crippen LogP contribution in [0.5, 0.6) is 0 Å². The van der Waals surface area contributed by atoms with Gasteiger partial charge in [0.05, 0.1) is 35.8 Å². The SMILES string of the molecule is CCC(NC(=O)CN1CCOCC1)c1ccc(Cl)c(Cl)c1. The van der Waals surface area contributed by atoms with Crippen LogP contribution in [0, 0.1) is 0 Å². The average molecular weight is 331 g/mol. The van der Waals surface area contributed by atoms with Gasteiger partial charge in [-0.15, -0.1) is 0 Å². The summed E-state index contributed by atoms with van der Waals surface area (Å²) < 4.78 is 5.28. The van der Waals surface area contributed by atoms with E-state index in [1.54, 1.807) is 6.07 Å². The molecule has 1 amide bonds. The standard InChI is InChI=1S/C15H20Cl2N2O2/c1-2-14(11-3-4-12(16)13(17)9-11)18-15(20)10-19-5-7-21-8-6-19/h3-4,9,14H,2,5-8,10H2,1H3,(H,18,20). The molecule has 0 radical (unpaired) electrons. The molecule has 4 nitrogen and oxygen atoms in total. The maximum absolute atomic E-state index is 12.2. The number of ether oxygens (including phenoxy) is 1. The monoisotopic (exact) mass is 330 g/mol. The molecule has 0 saturated carbocycles. The fraction of sp³-hybridized carbons (Fsp3) is 0.533. The summed E-state index contributed by atoms with van der Waals surface area (Å²) in [7, 11) is 0. The normalized spacial score (nSPS) is 17.5. The van der Waals surface area contributed by atoms with Gasteiger partial charge < -0.3 is 10.1 Å². The average Bonchev–Trinajstić information content (AvgIpc) is 2.49. The third-order valence-corrected chi connectivity index (χ3v) is 4.30. The van der Waals surface area contributed by atoms with E-state index < -0.39 is 0 Å². The summed E-state index contributed by atoms with van der Waals surface area (Å²) in [5.41, 5.74) is 0.974. The largest absolute Gasteiger partial charge is 0.379 e. The maximum Gasteiger partial charge on any atom is 0.234 e. The van der Waals surface area contributed by atoms with Crippen LogP contribution in [0.2, 0.25) is 10.0 Å². The molecular formula is C15H20Cl2N2O2. The molecule has 1 fully saturated rings. The summed E-state index contributed by atoms with van der Waals surface area (Å²) in [4.78, 5) is 14.3. The zero-order valence-electron chi connectivity index (χ0n) is 12.1. The fourth-order valence-electron chi connectivity index (χ4n) is 2.35. The predicted octanol–water partition coefficient (Wildman–Crippen LogP) is 2.89. The quantitative estimate of drug-likeness (QED) is 0.902. The van der Waals surface area contributed by atoms with E-state index in [2.05, 4.69) is 10.2 Å². The van der Waals surface area contributed by atoms with Crippen molar-refractivity contribution in [2.24, 2.45) is 0 Å². The highest BCUT2D eigenvalue weighted by Crippen LogP contribution is 2.26. The highest BCUT2D eigenvalue weighted by atomic mass is 35.5. The van der Waals surface area contributed by atoms with E-state index in [0.717, 1.165) is 25.1 Å². The van der Waals surface area contributed by atoms with Crippen molar-refractivity contribution in [1.29, 1.82) is 0 Å². The Hall–Kier alpha value is -0.810. The van der Waals surface area contributed by atoms with Gasteiger partial charge in [-0.2, -0.15) is 0 Å². The molecule has 116 valence electrons. The van der Waals surface area contributed by atoms with Gasteiger partial charge in [0, 0.05) is 13.1 Å². The lowest BCUT2D eigenvalue weighted by molar-refractivity contribution is -0.124. The maximum atomic E-state index is 12.2. The van der Waals surface area contributed by atoms with Crippen molar-refractivity contribution in [2.75, 3.05) is 32.8 Å². The highest BCUT2D eigenvalue weighted by Gasteiger charge is 2.18. The van der Waals surface area contributed by atoms with Gasteiger partial charge in [0.25, 0.3) is 0 Å². The molecule has 6 heteroatoms. The number of rotatable bonds is 5. The molecule has 1 N–H and O–H groups in total. The molecule has 21 heavy (non-hydrogen) atoms. The lowest BCUT2D eigenvalue weighted by Gasteiger charge is -2.27. The van der Waals surface area contributed by atoms with E-state index >= 15 is 0 Å². The highest BCUT2D eigenvalue weighted by molar-refractivity contribution is 6.42. The summed E-state index contributed by atoms with van der Waals surface area (Å²) in [6, 6.07) is 5.42. The summed E-state index contributed by atoms with van der Waals surface area (Å²) >= 11 is 12.0. The molecule has 0 spiro atoms. The lowest BCUT2D eigenvalue weighted by Crippen LogP contribution is -2.43. The number of hydrogen-bond donors (Lipinski definition) is 1. The van der Waals surface area contributed by atoms with E-state index in [1.165, 1.54) is 0 Å². The van der Waals surface area contributed by atoms with Crippen LogP contribution in [0.3, 0.4) is 0 Å². The first kappa shape index (κ1) is 16.6. The molecule has 0 aliphatic carbocycles. The van der Waals surface area contributed by atoms with Crippen molar-refractivity contribution >= 4 is 29.1 Å². The third-order valence-electron chi connectivity index (χ3n) is 3.56. The molecule has 1 atom stereocenters. The number of amides is 1. The first-order chi connectivity index (χ1) is 10.1. The second-order valence-corrected chi connectivity index (χ2v) is 5.90. The Balaban J connectivity index is 1.94. The molecule has 1 saturated heterocycles. The first-order valence-corrected chi connectivity index (χ1v) is 7.90. The second kappa shape index (κ2) is 7.99. The van der Waals surface area contributed by atoms with E-state index in [-0.39, 0.29) is 11.9 Å². The van der Waals surface area contributed by atoms with Crippen molar-refractivity contribution < 1.29 is 9.53 Å². The van der Waals surface area contributed by atoms with Gasteiger partial charge in [0.15, 0.2) is 0 Å².